The minimum atomic E-state index is -0.476. The lowest BCUT2D eigenvalue weighted by Gasteiger charge is -2.29. The minimum absolute atomic E-state index is 0.272. The van der Waals surface area contributed by atoms with Gasteiger partial charge in [0.2, 0.25) is 0 Å². The highest BCUT2D eigenvalue weighted by molar-refractivity contribution is 5.89. The number of urea groups is 1. The van der Waals surface area contributed by atoms with Crippen LogP contribution in [-0.4, -0.2) is 36.9 Å². The second-order valence-corrected chi connectivity index (χ2v) is 5.88. The zero-order valence-electron chi connectivity index (χ0n) is 13.3. The Morgan fingerprint density at radius 2 is 2.09 bits per heavy atom. The first-order chi connectivity index (χ1) is 10.7. The first-order valence-electron chi connectivity index (χ1n) is 8.27. The predicted molar refractivity (Wildman–Crippen MR) is 90.4 cm³/mol. The van der Waals surface area contributed by atoms with E-state index in [9.17, 15) is 9.90 Å². The maximum atomic E-state index is 11.9. The molecule has 1 aliphatic rings. The van der Waals surface area contributed by atoms with Gasteiger partial charge in [-0.25, -0.2) is 4.79 Å². The third-order valence-corrected chi connectivity index (χ3v) is 3.95. The minimum Gasteiger partial charge on any atom is -0.391 e. The van der Waals surface area contributed by atoms with E-state index in [4.69, 9.17) is 0 Å². The molecule has 0 bridgehead atoms. The number of benzene rings is 1. The maximum Gasteiger partial charge on any atom is 0.319 e. The Morgan fingerprint density at radius 3 is 2.82 bits per heavy atom. The van der Waals surface area contributed by atoms with Crippen molar-refractivity contribution >= 4 is 17.4 Å². The van der Waals surface area contributed by atoms with Crippen LogP contribution in [0.2, 0.25) is 0 Å². The van der Waals surface area contributed by atoms with Crippen molar-refractivity contribution in [1.29, 1.82) is 0 Å². The first kappa shape index (κ1) is 16.6. The Bertz CT molecular complexity index is 473. The van der Waals surface area contributed by atoms with Crippen LogP contribution in [0.5, 0.6) is 0 Å². The summed E-state index contributed by atoms with van der Waals surface area (Å²) >= 11 is 0. The number of piperidine rings is 1. The molecule has 0 radical (unpaired) electrons. The van der Waals surface area contributed by atoms with Crippen molar-refractivity contribution < 1.29 is 9.90 Å². The van der Waals surface area contributed by atoms with Gasteiger partial charge >= 0.3 is 6.03 Å². The number of carbonyl (C=O) groups excluding carboxylic acids is 1. The molecule has 5 heteroatoms. The second kappa shape index (κ2) is 8.63. The van der Waals surface area contributed by atoms with E-state index in [1.54, 1.807) is 0 Å². The van der Waals surface area contributed by atoms with Crippen molar-refractivity contribution in [2.24, 2.45) is 0 Å². The number of aliphatic hydroxyl groups excluding tert-OH is 1. The van der Waals surface area contributed by atoms with E-state index in [-0.39, 0.29) is 12.6 Å². The van der Waals surface area contributed by atoms with Gasteiger partial charge in [-0.05, 0) is 43.9 Å². The van der Waals surface area contributed by atoms with E-state index in [1.807, 2.05) is 25.1 Å². The average Bonchev–Trinajstić information content (AvgIpc) is 2.54. The van der Waals surface area contributed by atoms with Gasteiger partial charge in [0.1, 0.15) is 0 Å². The SMILES string of the molecule is CCCC(O)CNC(=O)Nc1cccc(N2CCCCC2)c1. The van der Waals surface area contributed by atoms with Crippen molar-refractivity contribution in [3.8, 4) is 0 Å². The lowest BCUT2D eigenvalue weighted by molar-refractivity contribution is 0.162. The first-order valence-corrected chi connectivity index (χ1v) is 8.27. The largest absolute Gasteiger partial charge is 0.391 e. The molecule has 1 unspecified atom stereocenters. The Kier molecular flexibility index (Phi) is 6.52. The van der Waals surface area contributed by atoms with Crippen LogP contribution in [-0.2, 0) is 0 Å². The van der Waals surface area contributed by atoms with Crippen LogP contribution in [0.1, 0.15) is 39.0 Å². The molecule has 2 rings (SSSR count). The third kappa shape index (κ3) is 5.22. The van der Waals surface area contributed by atoms with Gasteiger partial charge < -0.3 is 20.6 Å². The summed E-state index contributed by atoms with van der Waals surface area (Å²) in [6, 6.07) is 7.67. The van der Waals surface area contributed by atoms with Crippen LogP contribution in [0, 0.1) is 0 Å². The fourth-order valence-corrected chi connectivity index (χ4v) is 2.75. The second-order valence-electron chi connectivity index (χ2n) is 5.88. The number of anilines is 2. The molecule has 5 nitrogen and oxygen atoms in total. The van der Waals surface area contributed by atoms with Crippen molar-refractivity contribution in [2.75, 3.05) is 29.9 Å². The summed E-state index contributed by atoms with van der Waals surface area (Å²) in [7, 11) is 0. The summed E-state index contributed by atoms with van der Waals surface area (Å²) in [5, 5.41) is 15.2. The summed E-state index contributed by atoms with van der Waals surface area (Å²) in [5.41, 5.74) is 1.94. The van der Waals surface area contributed by atoms with Gasteiger partial charge in [0.25, 0.3) is 0 Å². The number of nitrogens with one attached hydrogen (secondary N) is 2. The van der Waals surface area contributed by atoms with E-state index in [0.29, 0.717) is 6.42 Å². The average molecular weight is 305 g/mol. The summed E-state index contributed by atoms with van der Waals surface area (Å²) in [4.78, 5) is 14.2. The van der Waals surface area contributed by atoms with Crippen LogP contribution >= 0.6 is 0 Å². The molecule has 0 aliphatic carbocycles. The quantitative estimate of drug-likeness (QED) is 0.757. The molecule has 3 N–H and O–H groups in total. The fourth-order valence-electron chi connectivity index (χ4n) is 2.75. The molecule has 1 atom stereocenters. The predicted octanol–water partition coefficient (Wildman–Crippen LogP) is 2.96. The van der Waals surface area contributed by atoms with Crippen LogP contribution in [0.4, 0.5) is 16.2 Å². The molecule has 1 aliphatic heterocycles. The summed E-state index contributed by atoms with van der Waals surface area (Å²) in [6.07, 6.45) is 4.89. The van der Waals surface area contributed by atoms with E-state index >= 15 is 0 Å². The van der Waals surface area contributed by atoms with Gasteiger partial charge in [0.05, 0.1) is 6.10 Å². The van der Waals surface area contributed by atoms with Crippen molar-refractivity contribution in [3.63, 3.8) is 0 Å². The fraction of sp³-hybridized carbons (Fsp3) is 0.588. The van der Waals surface area contributed by atoms with Crippen molar-refractivity contribution in [2.45, 2.75) is 45.1 Å². The highest BCUT2D eigenvalue weighted by Gasteiger charge is 2.12. The molecule has 0 spiro atoms. The van der Waals surface area contributed by atoms with E-state index < -0.39 is 6.10 Å². The molecule has 1 aromatic carbocycles. The molecule has 1 fully saturated rings. The Morgan fingerprint density at radius 1 is 1.32 bits per heavy atom. The van der Waals surface area contributed by atoms with Crippen molar-refractivity contribution in [3.05, 3.63) is 24.3 Å². The summed E-state index contributed by atoms with van der Waals surface area (Å²) in [6.45, 7) is 4.46. The van der Waals surface area contributed by atoms with Gasteiger partial charge in [-0.2, -0.15) is 0 Å². The molecule has 2 amide bonds. The van der Waals surface area contributed by atoms with E-state index in [0.717, 1.165) is 30.9 Å². The Balaban J connectivity index is 1.85. The lowest BCUT2D eigenvalue weighted by Crippen LogP contribution is -2.35. The highest BCUT2D eigenvalue weighted by atomic mass is 16.3. The van der Waals surface area contributed by atoms with Gasteiger partial charge in [0, 0.05) is 31.0 Å². The van der Waals surface area contributed by atoms with Crippen LogP contribution in [0.3, 0.4) is 0 Å². The van der Waals surface area contributed by atoms with Crippen LogP contribution in [0.25, 0.3) is 0 Å². The van der Waals surface area contributed by atoms with Gasteiger partial charge in [-0.3, -0.25) is 0 Å². The van der Waals surface area contributed by atoms with Gasteiger partial charge in [0.15, 0.2) is 0 Å². The van der Waals surface area contributed by atoms with Crippen LogP contribution < -0.4 is 15.5 Å². The number of hydrogen-bond acceptors (Lipinski definition) is 3. The molecular weight excluding hydrogens is 278 g/mol. The molecule has 1 aromatic rings. The normalized spacial score (nSPS) is 16.2. The standard InChI is InChI=1S/C17H27N3O2/c1-2-7-16(21)13-18-17(22)19-14-8-6-9-15(12-14)20-10-4-3-5-11-20/h6,8-9,12,16,21H,2-5,7,10-11,13H2,1H3,(H2,18,19,22). The summed E-state index contributed by atoms with van der Waals surface area (Å²) < 4.78 is 0. The van der Waals surface area contributed by atoms with Crippen molar-refractivity contribution in [1.82, 2.24) is 5.32 Å². The molecular formula is C17H27N3O2. The van der Waals surface area contributed by atoms with Crippen LogP contribution in [0.15, 0.2) is 24.3 Å². The van der Waals surface area contributed by atoms with E-state index in [2.05, 4.69) is 21.6 Å². The number of hydrogen-bond donors (Lipinski definition) is 3. The number of aliphatic hydroxyl groups is 1. The summed E-state index contributed by atoms with van der Waals surface area (Å²) in [5.74, 6) is 0. The molecule has 1 heterocycles. The highest BCUT2D eigenvalue weighted by Crippen LogP contribution is 2.22. The molecule has 0 aromatic heterocycles. The molecule has 122 valence electrons. The number of nitrogens with zero attached hydrogens (tertiary/aromatic N) is 1. The zero-order chi connectivity index (χ0) is 15.8. The monoisotopic (exact) mass is 305 g/mol. The molecule has 22 heavy (non-hydrogen) atoms. The lowest BCUT2D eigenvalue weighted by atomic mass is 10.1. The number of rotatable bonds is 6. The Labute approximate surface area is 132 Å². The zero-order valence-corrected chi connectivity index (χ0v) is 13.3. The third-order valence-electron chi connectivity index (χ3n) is 3.95. The van der Waals surface area contributed by atoms with Gasteiger partial charge in [-0.1, -0.05) is 19.4 Å². The Hall–Kier alpha value is -1.75. The van der Waals surface area contributed by atoms with Gasteiger partial charge in [-0.15, -0.1) is 0 Å². The maximum absolute atomic E-state index is 11.9. The molecule has 1 saturated heterocycles. The smallest absolute Gasteiger partial charge is 0.319 e. The number of carbonyl (C=O) groups is 1. The molecule has 0 saturated carbocycles. The number of amides is 2. The van der Waals surface area contributed by atoms with E-state index in [1.165, 1.54) is 19.3 Å². The topological polar surface area (TPSA) is 64.6 Å².